The van der Waals surface area contributed by atoms with Crippen molar-refractivity contribution in [3.63, 3.8) is 0 Å². The Morgan fingerprint density at radius 2 is 1.88 bits per heavy atom. The first-order valence-electron chi connectivity index (χ1n) is 9.85. The fourth-order valence-electron chi connectivity index (χ4n) is 3.18. The molecule has 0 bridgehead atoms. The summed E-state index contributed by atoms with van der Waals surface area (Å²) in [4.78, 5) is 36.7. The highest BCUT2D eigenvalue weighted by molar-refractivity contribution is 9.10. The number of imide groups is 1. The molecular formula is C23H19BrN4O4. The van der Waals surface area contributed by atoms with E-state index in [2.05, 4.69) is 26.3 Å². The van der Waals surface area contributed by atoms with Crippen LogP contribution in [0.2, 0.25) is 0 Å². The Kier molecular flexibility index (Phi) is 6.46. The lowest BCUT2D eigenvalue weighted by Gasteiger charge is -2.11. The summed E-state index contributed by atoms with van der Waals surface area (Å²) in [5.41, 5.74) is 3.15. The third kappa shape index (κ3) is 4.94. The lowest BCUT2D eigenvalue weighted by molar-refractivity contribution is -0.146. The molecule has 0 radical (unpaired) electrons. The van der Waals surface area contributed by atoms with Crippen LogP contribution in [0.1, 0.15) is 5.56 Å². The third-order valence-corrected chi connectivity index (χ3v) is 5.30. The SMILES string of the molecule is O=C(/C=C/c1cn(-c2ccccc2)nc1-c1ccc(Br)cc1)OCC(=O)N1CCNC1=O. The van der Waals surface area contributed by atoms with Gasteiger partial charge in [-0.05, 0) is 30.3 Å². The predicted molar refractivity (Wildman–Crippen MR) is 122 cm³/mol. The third-order valence-electron chi connectivity index (χ3n) is 4.78. The van der Waals surface area contributed by atoms with Crippen molar-refractivity contribution >= 4 is 39.9 Å². The van der Waals surface area contributed by atoms with Crippen LogP contribution in [0.4, 0.5) is 4.79 Å². The molecule has 1 N–H and O–H groups in total. The zero-order valence-electron chi connectivity index (χ0n) is 16.9. The van der Waals surface area contributed by atoms with Gasteiger partial charge in [-0.2, -0.15) is 5.10 Å². The zero-order chi connectivity index (χ0) is 22.5. The van der Waals surface area contributed by atoms with Gasteiger partial charge in [-0.15, -0.1) is 0 Å². The lowest BCUT2D eigenvalue weighted by Crippen LogP contribution is -2.37. The number of carbonyl (C=O) groups is 3. The Hall–Kier alpha value is -3.72. The number of para-hydroxylation sites is 1. The molecule has 4 rings (SSSR count). The maximum atomic E-state index is 12.2. The van der Waals surface area contributed by atoms with Crippen LogP contribution in [0.25, 0.3) is 23.0 Å². The van der Waals surface area contributed by atoms with Gasteiger partial charge in [-0.25, -0.2) is 14.3 Å². The van der Waals surface area contributed by atoms with Gasteiger partial charge in [0.2, 0.25) is 0 Å². The van der Waals surface area contributed by atoms with E-state index in [1.165, 1.54) is 6.08 Å². The van der Waals surface area contributed by atoms with Crippen LogP contribution in [0.5, 0.6) is 0 Å². The van der Waals surface area contributed by atoms with Crippen LogP contribution < -0.4 is 5.32 Å². The summed E-state index contributed by atoms with van der Waals surface area (Å²) in [5.74, 6) is -1.25. The fourth-order valence-corrected chi connectivity index (χ4v) is 3.44. The monoisotopic (exact) mass is 494 g/mol. The van der Waals surface area contributed by atoms with E-state index in [1.54, 1.807) is 10.8 Å². The van der Waals surface area contributed by atoms with E-state index in [9.17, 15) is 14.4 Å². The molecule has 0 unspecified atom stereocenters. The average molecular weight is 495 g/mol. The van der Waals surface area contributed by atoms with Crippen molar-refractivity contribution in [1.82, 2.24) is 20.0 Å². The van der Waals surface area contributed by atoms with Crippen LogP contribution in [-0.2, 0) is 14.3 Å². The minimum absolute atomic E-state index is 0.264. The predicted octanol–water partition coefficient (Wildman–Crippen LogP) is 3.41. The summed E-state index contributed by atoms with van der Waals surface area (Å²) < 4.78 is 7.69. The molecule has 0 saturated carbocycles. The summed E-state index contributed by atoms with van der Waals surface area (Å²) in [5, 5.41) is 7.21. The first-order chi connectivity index (χ1) is 15.5. The number of hydrogen-bond acceptors (Lipinski definition) is 5. The first-order valence-corrected chi connectivity index (χ1v) is 10.6. The number of nitrogens with zero attached hydrogens (tertiary/aromatic N) is 3. The Morgan fingerprint density at radius 1 is 1.12 bits per heavy atom. The van der Waals surface area contributed by atoms with E-state index in [0.29, 0.717) is 17.8 Å². The standard InChI is InChI=1S/C23H19BrN4O4/c24-18-9-6-16(7-10-18)22-17(14-28(26-22)19-4-2-1-3-5-19)8-11-21(30)32-15-20(29)27-13-12-25-23(27)31/h1-11,14H,12-13,15H2,(H,25,31)/b11-8+. The Morgan fingerprint density at radius 3 is 2.56 bits per heavy atom. The largest absolute Gasteiger partial charge is 0.452 e. The Balaban J connectivity index is 1.52. The van der Waals surface area contributed by atoms with Crippen molar-refractivity contribution in [2.45, 2.75) is 0 Å². The van der Waals surface area contributed by atoms with E-state index in [0.717, 1.165) is 20.6 Å². The molecule has 1 aliphatic rings. The number of halogens is 1. The highest BCUT2D eigenvalue weighted by Crippen LogP contribution is 2.26. The summed E-state index contributed by atoms with van der Waals surface area (Å²) in [7, 11) is 0. The van der Waals surface area contributed by atoms with Gasteiger partial charge in [0.1, 0.15) is 0 Å². The average Bonchev–Trinajstić information content (AvgIpc) is 3.43. The number of urea groups is 1. The molecule has 8 nitrogen and oxygen atoms in total. The minimum Gasteiger partial charge on any atom is -0.452 e. The van der Waals surface area contributed by atoms with Gasteiger partial charge in [-0.1, -0.05) is 46.3 Å². The molecule has 0 spiro atoms. The van der Waals surface area contributed by atoms with Gasteiger partial charge in [0.05, 0.1) is 11.4 Å². The Bertz CT molecular complexity index is 1170. The molecule has 162 valence electrons. The van der Waals surface area contributed by atoms with Gasteiger partial charge in [0.25, 0.3) is 5.91 Å². The number of esters is 1. The van der Waals surface area contributed by atoms with Crippen molar-refractivity contribution in [1.29, 1.82) is 0 Å². The number of amides is 3. The molecule has 1 aromatic heterocycles. The number of carbonyl (C=O) groups excluding carboxylic acids is 3. The van der Waals surface area contributed by atoms with Gasteiger partial charge in [0, 0.05) is 41.0 Å². The van der Waals surface area contributed by atoms with Crippen LogP contribution in [0, 0.1) is 0 Å². The molecule has 3 aromatic rings. The molecule has 1 fully saturated rings. The van der Waals surface area contributed by atoms with Crippen LogP contribution in [0.3, 0.4) is 0 Å². The summed E-state index contributed by atoms with van der Waals surface area (Å²) in [6.07, 6.45) is 4.65. The van der Waals surface area contributed by atoms with E-state index in [4.69, 9.17) is 4.74 Å². The van der Waals surface area contributed by atoms with E-state index >= 15 is 0 Å². The molecule has 3 amide bonds. The van der Waals surface area contributed by atoms with Gasteiger partial charge in [-0.3, -0.25) is 9.69 Å². The van der Waals surface area contributed by atoms with Crippen molar-refractivity contribution < 1.29 is 19.1 Å². The quantitative estimate of drug-likeness (QED) is 0.418. The molecule has 0 atom stereocenters. The van der Waals surface area contributed by atoms with Crippen molar-refractivity contribution in [2.24, 2.45) is 0 Å². The maximum Gasteiger partial charge on any atom is 0.331 e. The summed E-state index contributed by atoms with van der Waals surface area (Å²) >= 11 is 3.43. The number of hydrogen-bond donors (Lipinski definition) is 1. The lowest BCUT2D eigenvalue weighted by atomic mass is 10.1. The summed E-state index contributed by atoms with van der Waals surface area (Å²) in [6, 6.07) is 16.8. The van der Waals surface area contributed by atoms with Crippen LogP contribution >= 0.6 is 15.9 Å². The number of aromatic nitrogens is 2. The zero-order valence-corrected chi connectivity index (χ0v) is 18.5. The normalized spacial score (nSPS) is 13.4. The van der Waals surface area contributed by atoms with Crippen molar-refractivity contribution in [2.75, 3.05) is 19.7 Å². The second-order valence-electron chi connectivity index (χ2n) is 6.94. The highest BCUT2D eigenvalue weighted by Gasteiger charge is 2.26. The second-order valence-corrected chi connectivity index (χ2v) is 7.85. The topological polar surface area (TPSA) is 93.5 Å². The first kappa shape index (κ1) is 21.5. The van der Waals surface area contributed by atoms with Gasteiger partial charge < -0.3 is 10.1 Å². The molecule has 0 aliphatic carbocycles. The fraction of sp³-hybridized carbons (Fsp3) is 0.130. The molecular weight excluding hydrogens is 476 g/mol. The molecule has 9 heteroatoms. The molecule has 1 saturated heterocycles. The van der Waals surface area contributed by atoms with Crippen LogP contribution in [0.15, 0.2) is 71.3 Å². The maximum absolute atomic E-state index is 12.2. The van der Waals surface area contributed by atoms with Crippen molar-refractivity contribution in [3.8, 4) is 16.9 Å². The Labute approximate surface area is 192 Å². The van der Waals surface area contributed by atoms with E-state index in [-0.39, 0.29) is 6.54 Å². The molecule has 2 heterocycles. The smallest absolute Gasteiger partial charge is 0.331 e. The van der Waals surface area contributed by atoms with Crippen LogP contribution in [-0.4, -0.2) is 52.3 Å². The number of rotatable bonds is 6. The van der Waals surface area contributed by atoms with E-state index in [1.807, 2.05) is 60.8 Å². The molecule has 32 heavy (non-hydrogen) atoms. The number of nitrogens with one attached hydrogen (secondary N) is 1. The highest BCUT2D eigenvalue weighted by atomic mass is 79.9. The van der Waals surface area contributed by atoms with E-state index < -0.39 is 24.5 Å². The second kappa shape index (κ2) is 9.61. The van der Waals surface area contributed by atoms with Gasteiger partial charge >= 0.3 is 12.0 Å². The molecule has 2 aromatic carbocycles. The molecule has 1 aliphatic heterocycles. The minimum atomic E-state index is -0.688. The number of benzene rings is 2. The van der Waals surface area contributed by atoms with Crippen molar-refractivity contribution in [3.05, 3.63) is 76.9 Å². The summed E-state index contributed by atoms with van der Waals surface area (Å²) in [6.45, 7) is 0.155. The number of ether oxygens (including phenoxy) is 1. The van der Waals surface area contributed by atoms with Gasteiger partial charge in [0.15, 0.2) is 6.61 Å².